The standard InChI is InChI=1S/C21H22ClN3O2/c22-16-6-3-14(4-7-16)15-5-8-18-20(10-15)25(13-24-18)12-17(26)11-19-21(27)2-1-9-23-19/h3-8,10,13,19,21,23,27H,1-2,9,11-12H2/t19-,21+/m1/s1. The molecule has 4 rings (SSSR count). The van der Waals surface area contributed by atoms with E-state index in [1.54, 1.807) is 6.33 Å². The number of fused-ring (bicyclic) bond motifs is 1. The molecule has 6 heteroatoms. The Hall–Kier alpha value is -2.21. The van der Waals surface area contributed by atoms with Crippen molar-refractivity contribution in [1.82, 2.24) is 14.9 Å². The fourth-order valence-corrected chi connectivity index (χ4v) is 3.77. The van der Waals surface area contributed by atoms with Gasteiger partial charge in [0.25, 0.3) is 0 Å². The third-order valence-electron chi connectivity index (χ3n) is 5.14. The van der Waals surface area contributed by atoms with Gasteiger partial charge in [-0.05, 0) is 54.8 Å². The molecular weight excluding hydrogens is 362 g/mol. The van der Waals surface area contributed by atoms with Crippen molar-refractivity contribution in [3.05, 3.63) is 53.8 Å². The highest BCUT2D eigenvalue weighted by Crippen LogP contribution is 2.25. The van der Waals surface area contributed by atoms with Crippen molar-refractivity contribution in [2.24, 2.45) is 0 Å². The summed E-state index contributed by atoms with van der Waals surface area (Å²) in [6.07, 6.45) is 3.30. The molecular formula is C21H22ClN3O2. The van der Waals surface area contributed by atoms with Crippen LogP contribution in [0.1, 0.15) is 19.3 Å². The second-order valence-electron chi connectivity index (χ2n) is 7.10. The summed E-state index contributed by atoms with van der Waals surface area (Å²) in [4.78, 5) is 17.0. The molecule has 140 valence electrons. The summed E-state index contributed by atoms with van der Waals surface area (Å²) in [7, 11) is 0. The maximum atomic E-state index is 12.5. The van der Waals surface area contributed by atoms with E-state index < -0.39 is 6.10 Å². The number of rotatable bonds is 5. The van der Waals surface area contributed by atoms with Crippen LogP contribution in [-0.4, -0.2) is 39.1 Å². The molecule has 1 fully saturated rings. The van der Waals surface area contributed by atoms with Gasteiger partial charge in [0, 0.05) is 17.5 Å². The first kappa shape index (κ1) is 18.2. The number of Topliss-reactive ketones (excluding diaryl/α,β-unsaturated/α-hetero) is 1. The number of carbonyl (C=O) groups excluding carboxylic acids is 1. The molecule has 0 spiro atoms. The van der Waals surface area contributed by atoms with Crippen LogP contribution in [0.15, 0.2) is 48.8 Å². The molecule has 5 nitrogen and oxygen atoms in total. The second-order valence-corrected chi connectivity index (χ2v) is 7.53. The third-order valence-corrected chi connectivity index (χ3v) is 5.39. The molecule has 3 aromatic rings. The molecule has 0 saturated carbocycles. The van der Waals surface area contributed by atoms with Crippen LogP contribution >= 0.6 is 11.6 Å². The van der Waals surface area contributed by atoms with Gasteiger partial charge in [-0.2, -0.15) is 0 Å². The van der Waals surface area contributed by atoms with Gasteiger partial charge >= 0.3 is 0 Å². The summed E-state index contributed by atoms with van der Waals surface area (Å²) in [6, 6.07) is 13.6. The summed E-state index contributed by atoms with van der Waals surface area (Å²) < 4.78 is 1.88. The van der Waals surface area contributed by atoms with E-state index in [1.807, 2.05) is 47.0 Å². The Labute approximate surface area is 163 Å². The first-order valence-corrected chi connectivity index (χ1v) is 9.62. The zero-order chi connectivity index (χ0) is 18.8. The van der Waals surface area contributed by atoms with Crippen molar-refractivity contribution in [3.63, 3.8) is 0 Å². The molecule has 1 aromatic heterocycles. The van der Waals surface area contributed by atoms with E-state index in [-0.39, 0.29) is 18.4 Å². The number of carbonyl (C=O) groups is 1. The minimum atomic E-state index is -0.446. The van der Waals surface area contributed by atoms with Crippen LogP contribution in [0.25, 0.3) is 22.2 Å². The lowest BCUT2D eigenvalue weighted by molar-refractivity contribution is -0.121. The Morgan fingerprint density at radius 1 is 1.22 bits per heavy atom. The monoisotopic (exact) mass is 383 g/mol. The molecule has 0 amide bonds. The van der Waals surface area contributed by atoms with Crippen LogP contribution < -0.4 is 5.32 Å². The molecule has 2 atom stereocenters. The number of piperidine rings is 1. The number of aromatic nitrogens is 2. The fourth-order valence-electron chi connectivity index (χ4n) is 3.65. The quantitative estimate of drug-likeness (QED) is 0.708. The highest BCUT2D eigenvalue weighted by Gasteiger charge is 2.25. The van der Waals surface area contributed by atoms with E-state index in [4.69, 9.17) is 11.6 Å². The summed E-state index contributed by atoms with van der Waals surface area (Å²) in [5, 5.41) is 14.0. The highest BCUT2D eigenvalue weighted by molar-refractivity contribution is 6.30. The fraction of sp³-hybridized carbons (Fsp3) is 0.333. The second kappa shape index (κ2) is 7.80. The van der Waals surface area contributed by atoms with Crippen molar-refractivity contribution < 1.29 is 9.90 Å². The first-order valence-electron chi connectivity index (χ1n) is 9.24. The van der Waals surface area contributed by atoms with E-state index in [1.165, 1.54) is 0 Å². The zero-order valence-corrected chi connectivity index (χ0v) is 15.7. The van der Waals surface area contributed by atoms with E-state index in [9.17, 15) is 9.90 Å². The summed E-state index contributed by atoms with van der Waals surface area (Å²) in [5.41, 5.74) is 3.90. The van der Waals surface area contributed by atoms with Crippen molar-refractivity contribution in [2.45, 2.75) is 38.0 Å². The van der Waals surface area contributed by atoms with Crippen LogP contribution in [0.4, 0.5) is 0 Å². The first-order chi connectivity index (χ1) is 13.1. The van der Waals surface area contributed by atoms with Gasteiger partial charge in [-0.25, -0.2) is 4.98 Å². The number of nitrogens with zero attached hydrogens (tertiary/aromatic N) is 2. The van der Waals surface area contributed by atoms with E-state index in [2.05, 4.69) is 10.3 Å². The Morgan fingerprint density at radius 3 is 2.78 bits per heavy atom. The average Bonchev–Trinajstić information content (AvgIpc) is 3.06. The highest BCUT2D eigenvalue weighted by atomic mass is 35.5. The molecule has 2 N–H and O–H groups in total. The van der Waals surface area contributed by atoms with Gasteiger partial charge < -0.3 is 15.0 Å². The van der Waals surface area contributed by atoms with Gasteiger partial charge in [0.15, 0.2) is 5.78 Å². The van der Waals surface area contributed by atoms with Crippen LogP contribution in [0.2, 0.25) is 5.02 Å². The number of hydrogen-bond donors (Lipinski definition) is 2. The lowest BCUT2D eigenvalue weighted by Gasteiger charge is -2.28. The molecule has 0 bridgehead atoms. The van der Waals surface area contributed by atoms with Crippen LogP contribution in [0.5, 0.6) is 0 Å². The van der Waals surface area contributed by atoms with Crippen LogP contribution in [-0.2, 0) is 11.3 Å². The number of hydrogen-bond acceptors (Lipinski definition) is 4. The molecule has 1 aliphatic heterocycles. The minimum absolute atomic E-state index is 0.0876. The van der Waals surface area contributed by atoms with Gasteiger partial charge in [0.05, 0.1) is 30.0 Å². The van der Waals surface area contributed by atoms with E-state index >= 15 is 0 Å². The molecule has 1 aliphatic rings. The number of ketones is 1. The van der Waals surface area contributed by atoms with Gasteiger partial charge in [-0.3, -0.25) is 4.79 Å². The minimum Gasteiger partial charge on any atom is -0.391 e. The molecule has 2 aromatic carbocycles. The largest absolute Gasteiger partial charge is 0.391 e. The summed E-state index contributed by atoms with van der Waals surface area (Å²) >= 11 is 5.97. The Bertz CT molecular complexity index is 952. The molecule has 0 aliphatic carbocycles. The number of nitrogens with one attached hydrogen (secondary N) is 1. The molecule has 1 saturated heterocycles. The normalized spacial score (nSPS) is 20.1. The smallest absolute Gasteiger partial charge is 0.154 e. The Morgan fingerprint density at radius 2 is 2.00 bits per heavy atom. The Balaban J connectivity index is 1.54. The lowest BCUT2D eigenvalue weighted by atomic mass is 9.97. The van der Waals surface area contributed by atoms with Crippen molar-refractivity contribution in [2.75, 3.05) is 6.54 Å². The maximum absolute atomic E-state index is 12.5. The summed E-state index contributed by atoms with van der Waals surface area (Å²) in [5.74, 6) is 0.0876. The molecule has 0 unspecified atom stereocenters. The van der Waals surface area contributed by atoms with E-state index in [0.29, 0.717) is 11.4 Å². The average molecular weight is 384 g/mol. The SMILES string of the molecule is O=C(C[C@H]1NCCC[C@@H]1O)Cn1cnc2ccc(-c3ccc(Cl)cc3)cc21. The third kappa shape index (κ3) is 4.05. The molecule has 27 heavy (non-hydrogen) atoms. The topological polar surface area (TPSA) is 67.2 Å². The Kier molecular flexibility index (Phi) is 5.25. The van der Waals surface area contributed by atoms with Crippen molar-refractivity contribution >= 4 is 28.4 Å². The molecule has 0 radical (unpaired) electrons. The van der Waals surface area contributed by atoms with Gasteiger partial charge in [-0.1, -0.05) is 29.8 Å². The predicted molar refractivity (Wildman–Crippen MR) is 107 cm³/mol. The predicted octanol–water partition coefficient (Wildman–Crippen LogP) is 3.43. The van der Waals surface area contributed by atoms with Gasteiger partial charge in [-0.15, -0.1) is 0 Å². The number of imidazole rings is 1. The number of aliphatic hydroxyl groups is 1. The zero-order valence-electron chi connectivity index (χ0n) is 14.9. The number of halogens is 1. The maximum Gasteiger partial charge on any atom is 0.154 e. The summed E-state index contributed by atoms with van der Waals surface area (Å²) in [6.45, 7) is 1.11. The van der Waals surface area contributed by atoms with Crippen molar-refractivity contribution in [3.8, 4) is 11.1 Å². The van der Waals surface area contributed by atoms with Crippen LogP contribution in [0.3, 0.4) is 0 Å². The van der Waals surface area contributed by atoms with E-state index in [0.717, 1.165) is 41.5 Å². The molecule has 2 heterocycles. The lowest BCUT2D eigenvalue weighted by Crippen LogP contribution is -2.46. The van der Waals surface area contributed by atoms with Gasteiger partial charge in [0.1, 0.15) is 0 Å². The number of aliphatic hydroxyl groups excluding tert-OH is 1. The number of benzene rings is 2. The van der Waals surface area contributed by atoms with Gasteiger partial charge in [0.2, 0.25) is 0 Å². The van der Waals surface area contributed by atoms with Crippen LogP contribution in [0, 0.1) is 0 Å². The van der Waals surface area contributed by atoms with Crippen molar-refractivity contribution in [1.29, 1.82) is 0 Å².